The zero-order valence-electron chi connectivity index (χ0n) is 6.66. The van der Waals surface area contributed by atoms with Crippen LogP contribution in [0, 0.1) is 10.7 Å². The molecule has 0 bridgehead atoms. The van der Waals surface area contributed by atoms with Crippen molar-refractivity contribution in [1.29, 1.82) is 5.26 Å². The van der Waals surface area contributed by atoms with Crippen LogP contribution in [0.2, 0.25) is 0 Å². The number of benzene rings is 1. The molecule has 1 N–H and O–H groups in total. The number of nitriles is 1. The minimum absolute atomic E-state index is 0.836. The molecule has 62 valence electrons. The van der Waals surface area contributed by atoms with Gasteiger partial charge in [0.05, 0.1) is 0 Å². The molecule has 0 aliphatic heterocycles. The van der Waals surface area contributed by atoms with Gasteiger partial charge >= 0.3 is 0 Å². The van der Waals surface area contributed by atoms with Crippen LogP contribution >= 0.6 is 11.9 Å². The van der Waals surface area contributed by atoms with Crippen molar-refractivity contribution in [1.82, 2.24) is 4.72 Å². The highest BCUT2D eigenvalue weighted by atomic mass is 32.2. The Kier molecular flexibility index (Phi) is 4.28. The highest BCUT2D eigenvalue weighted by molar-refractivity contribution is 8.01. The Bertz CT molecular complexity index is 253. The first-order valence-corrected chi connectivity index (χ1v) is 4.57. The maximum Gasteiger partial charge on any atom is 0.149 e. The molecule has 0 radical (unpaired) electrons. The third-order valence-electron chi connectivity index (χ3n) is 1.48. The Morgan fingerprint density at radius 1 is 1.33 bits per heavy atom. The lowest BCUT2D eigenvalue weighted by atomic mass is 10.2. The van der Waals surface area contributed by atoms with Crippen LogP contribution in [0.4, 0.5) is 0 Å². The van der Waals surface area contributed by atoms with Gasteiger partial charge in [0.15, 0.2) is 0 Å². The Hall–Kier alpha value is -0.980. The third-order valence-corrected chi connectivity index (χ3v) is 1.92. The lowest BCUT2D eigenvalue weighted by molar-refractivity contribution is 0.911. The molecule has 0 amide bonds. The predicted molar refractivity (Wildman–Crippen MR) is 51.4 cm³/mol. The summed E-state index contributed by atoms with van der Waals surface area (Å²) in [5, 5.41) is 10.2. The summed E-state index contributed by atoms with van der Waals surface area (Å²) in [5.41, 5.74) is 1.29. The van der Waals surface area contributed by atoms with Crippen LogP contribution in [0.15, 0.2) is 30.3 Å². The van der Waals surface area contributed by atoms with Crippen molar-refractivity contribution in [2.45, 2.75) is 6.42 Å². The van der Waals surface area contributed by atoms with Crippen molar-refractivity contribution in [3.63, 3.8) is 0 Å². The van der Waals surface area contributed by atoms with Crippen molar-refractivity contribution in [3.8, 4) is 5.40 Å². The molecule has 0 aliphatic rings. The van der Waals surface area contributed by atoms with Crippen LogP contribution in [0.25, 0.3) is 0 Å². The highest BCUT2D eigenvalue weighted by Crippen LogP contribution is 1.99. The first kappa shape index (κ1) is 9.11. The molecular formula is C9H10N2S. The fourth-order valence-electron chi connectivity index (χ4n) is 0.923. The van der Waals surface area contributed by atoms with E-state index >= 15 is 0 Å². The summed E-state index contributed by atoms with van der Waals surface area (Å²) in [7, 11) is 0. The Balaban J connectivity index is 2.21. The van der Waals surface area contributed by atoms with E-state index in [1.807, 2.05) is 23.6 Å². The number of hydrogen-bond acceptors (Lipinski definition) is 3. The second-order valence-electron chi connectivity index (χ2n) is 2.32. The summed E-state index contributed by atoms with van der Waals surface area (Å²) in [6.45, 7) is 0.836. The van der Waals surface area contributed by atoms with E-state index in [4.69, 9.17) is 5.26 Å². The molecule has 0 spiro atoms. The van der Waals surface area contributed by atoms with Gasteiger partial charge in [-0.15, -0.1) is 0 Å². The zero-order valence-corrected chi connectivity index (χ0v) is 7.47. The minimum atomic E-state index is 0.836. The third kappa shape index (κ3) is 3.42. The summed E-state index contributed by atoms with van der Waals surface area (Å²) in [5.74, 6) is 0. The summed E-state index contributed by atoms with van der Waals surface area (Å²) in [6, 6.07) is 10.2. The molecule has 0 aromatic heterocycles. The van der Waals surface area contributed by atoms with E-state index in [1.54, 1.807) is 0 Å². The molecule has 0 saturated heterocycles. The van der Waals surface area contributed by atoms with Gasteiger partial charge in [0.2, 0.25) is 0 Å². The molecule has 1 aromatic rings. The molecule has 12 heavy (non-hydrogen) atoms. The number of hydrogen-bond donors (Lipinski definition) is 1. The van der Waals surface area contributed by atoms with Gasteiger partial charge in [-0.25, -0.2) is 0 Å². The topological polar surface area (TPSA) is 35.8 Å². The van der Waals surface area contributed by atoms with E-state index in [2.05, 4.69) is 16.9 Å². The fourth-order valence-corrected chi connectivity index (χ4v) is 1.19. The normalized spacial score (nSPS) is 9.25. The average molecular weight is 178 g/mol. The smallest absolute Gasteiger partial charge is 0.149 e. The Morgan fingerprint density at radius 2 is 2.08 bits per heavy atom. The summed E-state index contributed by atoms with van der Waals surface area (Å²) < 4.78 is 2.94. The van der Waals surface area contributed by atoms with Crippen molar-refractivity contribution >= 4 is 11.9 Å². The van der Waals surface area contributed by atoms with Crippen molar-refractivity contribution < 1.29 is 0 Å². The van der Waals surface area contributed by atoms with E-state index in [1.165, 1.54) is 5.56 Å². The van der Waals surface area contributed by atoms with Crippen LogP contribution in [-0.4, -0.2) is 6.54 Å². The zero-order chi connectivity index (χ0) is 8.65. The summed E-state index contributed by atoms with van der Waals surface area (Å²) >= 11 is 1.08. The van der Waals surface area contributed by atoms with E-state index < -0.39 is 0 Å². The summed E-state index contributed by atoms with van der Waals surface area (Å²) in [6.07, 6.45) is 0.968. The molecule has 3 heteroatoms. The van der Waals surface area contributed by atoms with Crippen molar-refractivity contribution in [2.75, 3.05) is 6.54 Å². The molecule has 0 aliphatic carbocycles. The first-order valence-electron chi connectivity index (χ1n) is 3.75. The molecule has 0 unspecified atom stereocenters. The minimum Gasteiger partial charge on any atom is -0.251 e. The number of nitrogens with one attached hydrogen (secondary N) is 1. The second kappa shape index (κ2) is 5.64. The lowest BCUT2D eigenvalue weighted by Crippen LogP contribution is -2.06. The van der Waals surface area contributed by atoms with Gasteiger partial charge in [0, 0.05) is 18.5 Å². The second-order valence-corrected chi connectivity index (χ2v) is 3.00. The van der Waals surface area contributed by atoms with Crippen molar-refractivity contribution in [2.24, 2.45) is 0 Å². The fraction of sp³-hybridized carbons (Fsp3) is 0.222. The van der Waals surface area contributed by atoms with Gasteiger partial charge in [-0.1, -0.05) is 30.3 Å². The van der Waals surface area contributed by atoms with Crippen LogP contribution in [-0.2, 0) is 6.42 Å². The SMILES string of the molecule is N#CSNCCc1ccccc1. The predicted octanol–water partition coefficient (Wildman–Crippen LogP) is 1.95. The molecular weight excluding hydrogens is 168 g/mol. The van der Waals surface area contributed by atoms with Gasteiger partial charge in [0.1, 0.15) is 5.40 Å². The van der Waals surface area contributed by atoms with E-state index in [0.29, 0.717) is 0 Å². The molecule has 0 heterocycles. The van der Waals surface area contributed by atoms with E-state index in [9.17, 15) is 0 Å². The maximum atomic E-state index is 8.21. The molecule has 0 fully saturated rings. The monoisotopic (exact) mass is 178 g/mol. The number of thiocyanates is 1. The molecule has 0 atom stereocenters. The molecule has 1 rings (SSSR count). The van der Waals surface area contributed by atoms with E-state index in [0.717, 1.165) is 24.9 Å². The van der Waals surface area contributed by atoms with Crippen molar-refractivity contribution in [3.05, 3.63) is 35.9 Å². The molecule has 1 aromatic carbocycles. The van der Waals surface area contributed by atoms with Gasteiger partial charge < -0.3 is 0 Å². The molecule has 2 nitrogen and oxygen atoms in total. The van der Waals surface area contributed by atoms with Crippen LogP contribution in [0.1, 0.15) is 5.56 Å². The first-order chi connectivity index (χ1) is 5.93. The van der Waals surface area contributed by atoms with Crippen LogP contribution in [0.3, 0.4) is 0 Å². The highest BCUT2D eigenvalue weighted by Gasteiger charge is 1.89. The van der Waals surface area contributed by atoms with Crippen LogP contribution in [0.5, 0.6) is 0 Å². The molecule has 0 saturated carbocycles. The van der Waals surface area contributed by atoms with Crippen LogP contribution < -0.4 is 4.72 Å². The number of rotatable bonds is 4. The average Bonchev–Trinajstić information content (AvgIpc) is 2.14. The number of nitrogens with zero attached hydrogens (tertiary/aromatic N) is 1. The maximum absolute atomic E-state index is 8.21. The largest absolute Gasteiger partial charge is 0.251 e. The van der Waals surface area contributed by atoms with Gasteiger partial charge in [-0.2, -0.15) is 5.26 Å². The standard InChI is InChI=1S/C9H10N2S/c10-8-12-11-7-6-9-4-2-1-3-5-9/h1-5,11H,6-7H2. The Morgan fingerprint density at radius 3 is 2.75 bits per heavy atom. The van der Waals surface area contributed by atoms with E-state index in [-0.39, 0.29) is 0 Å². The summed E-state index contributed by atoms with van der Waals surface area (Å²) in [4.78, 5) is 0. The Labute approximate surface area is 76.7 Å². The van der Waals surface area contributed by atoms with Gasteiger partial charge in [-0.3, -0.25) is 4.72 Å². The van der Waals surface area contributed by atoms with Gasteiger partial charge in [0.25, 0.3) is 0 Å². The lowest BCUT2D eigenvalue weighted by Gasteiger charge is -1.98. The quantitative estimate of drug-likeness (QED) is 0.435. The van der Waals surface area contributed by atoms with Gasteiger partial charge in [-0.05, 0) is 12.0 Å².